The van der Waals surface area contributed by atoms with E-state index >= 15 is 0 Å². The smallest absolute Gasteiger partial charge is 0.0715 e. The number of nitrogens with one attached hydrogen (secondary N) is 1. The van der Waals surface area contributed by atoms with Crippen molar-refractivity contribution < 1.29 is 0 Å². The van der Waals surface area contributed by atoms with E-state index in [0.717, 1.165) is 16.5 Å². The predicted octanol–water partition coefficient (Wildman–Crippen LogP) is 3.40. The van der Waals surface area contributed by atoms with Crippen LogP contribution in [0.1, 0.15) is 28.3 Å². The lowest BCUT2D eigenvalue weighted by Gasteiger charge is -2.21. The van der Waals surface area contributed by atoms with E-state index < -0.39 is 0 Å². The molecule has 1 unspecified atom stereocenters. The Labute approximate surface area is 124 Å². The van der Waals surface area contributed by atoms with Crippen molar-refractivity contribution in [3.05, 3.63) is 77.0 Å². The van der Waals surface area contributed by atoms with Gasteiger partial charge < -0.3 is 0 Å². The second-order valence-corrected chi connectivity index (χ2v) is 5.36. The number of benzene rings is 2. The van der Waals surface area contributed by atoms with Crippen LogP contribution in [0, 0.1) is 13.8 Å². The molecule has 0 radical (unpaired) electrons. The zero-order chi connectivity index (χ0) is 14.8. The van der Waals surface area contributed by atoms with Crippen LogP contribution in [-0.2, 0) is 0 Å². The summed E-state index contributed by atoms with van der Waals surface area (Å²) in [7, 11) is 0. The summed E-state index contributed by atoms with van der Waals surface area (Å²) in [5, 5.41) is 1.13. The zero-order valence-electron chi connectivity index (χ0n) is 12.3. The fourth-order valence-electron chi connectivity index (χ4n) is 2.90. The topological polar surface area (TPSA) is 50.9 Å². The summed E-state index contributed by atoms with van der Waals surface area (Å²) in [6, 6.07) is 16.6. The first-order valence-electron chi connectivity index (χ1n) is 7.07. The summed E-state index contributed by atoms with van der Waals surface area (Å²) in [6.07, 6.45) is 1.81. The molecule has 0 bridgehead atoms. The van der Waals surface area contributed by atoms with Crippen LogP contribution >= 0.6 is 0 Å². The van der Waals surface area contributed by atoms with Crippen molar-refractivity contribution >= 4 is 10.9 Å². The van der Waals surface area contributed by atoms with Crippen molar-refractivity contribution in [2.45, 2.75) is 19.9 Å². The SMILES string of the molecule is Cc1cccc(C)c1C(NN)c1ccc2ncccc2c1. The summed E-state index contributed by atoms with van der Waals surface area (Å²) in [4.78, 5) is 4.36. The molecule has 1 heterocycles. The molecular weight excluding hydrogens is 258 g/mol. The van der Waals surface area contributed by atoms with E-state index in [1.54, 1.807) is 0 Å². The van der Waals surface area contributed by atoms with E-state index in [1.807, 2.05) is 18.3 Å². The molecule has 0 aliphatic carbocycles. The van der Waals surface area contributed by atoms with E-state index in [0.29, 0.717) is 0 Å². The summed E-state index contributed by atoms with van der Waals surface area (Å²) < 4.78 is 0. The lowest BCUT2D eigenvalue weighted by Crippen LogP contribution is -2.30. The number of hydrogen-bond acceptors (Lipinski definition) is 3. The maximum atomic E-state index is 5.85. The minimum atomic E-state index is -0.0178. The van der Waals surface area contributed by atoms with E-state index in [4.69, 9.17) is 5.84 Å². The van der Waals surface area contributed by atoms with Crippen molar-refractivity contribution in [1.82, 2.24) is 10.4 Å². The Morgan fingerprint density at radius 2 is 1.76 bits per heavy atom. The first-order valence-corrected chi connectivity index (χ1v) is 7.07. The highest BCUT2D eigenvalue weighted by Crippen LogP contribution is 2.28. The summed E-state index contributed by atoms with van der Waals surface area (Å²) >= 11 is 0. The van der Waals surface area contributed by atoms with Crippen LogP contribution < -0.4 is 11.3 Å². The number of aryl methyl sites for hydroxylation is 2. The van der Waals surface area contributed by atoms with Gasteiger partial charge in [0.1, 0.15) is 0 Å². The molecule has 0 amide bonds. The number of nitrogens with two attached hydrogens (primary N) is 1. The second-order valence-electron chi connectivity index (χ2n) is 5.36. The van der Waals surface area contributed by atoms with Crippen LogP contribution in [0.2, 0.25) is 0 Å². The third-order valence-corrected chi connectivity index (χ3v) is 3.96. The highest BCUT2D eigenvalue weighted by molar-refractivity contribution is 5.79. The molecule has 3 N–H and O–H groups in total. The fourth-order valence-corrected chi connectivity index (χ4v) is 2.90. The molecule has 0 fully saturated rings. The Kier molecular flexibility index (Phi) is 3.69. The third kappa shape index (κ3) is 2.53. The van der Waals surface area contributed by atoms with Crippen LogP contribution in [0.4, 0.5) is 0 Å². The van der Waals surface area contributed by atoms with Gasteiger partial charge in [-0.2, -0.15) is 0 Å². The van der Waals surface area contributed by atoms with Gasteiger partial charge in [0.25, 0.3) is 0 Å². The van der Waals surface area contributed by atoms with E-state index in [2.05, 4.69) is 60.7 Å². The van der Waals surface area contributed by atoms with Gasteiger partial charge in [-0.3, -0.25) is 10.8 Å². The Morgan fingerprint density at radius 3 is 2.48 bits per heavy atom. The van der Waals surface area contributed by atoms with Crippen molar-refractivity contribution in [3.63, 3.8) is 0 Å². The van der Waals surface area contributed by atoms with E-state index in [9.17, 15) is 0 Å². The van der Waals surface area contributed by atoms with Gasteiger partial charge in [-0.15, -0.1) is 0 Å². The zero-order valence-corrected chi connectivity index (χ0v) is 12.3. The van der Waals surface area contributed by atoms with Gasteiger partial charge >= 0.3 is 0 Å². The Morgan fingerprint density at radius 1 is 1.00 bits per heavy atom. The molecule has 106 valence electrons. The molecule has 3 rings (SSSR count). The highest BCUT2D eigenvalue weighted by Gasteiger charge is 2.17. The van der Waals surface area contributed by atoms with Crippen LogP contribution in [0.3, 0.4) is 0 Å². The maximum Gasteiger partial charge on any atom is 0.0715 e. The molecule has 1 aromatic heterocycles. The highest BCUT2D eigenvalue weighted by atomic mass is 15.2. The van der Waals surface area contributed by atoms with Gasteiger partial charge in [-0.05, 0) is 54.3 Å². The molecule has 0 saturated heterocycles. The van der Waals surface area contributed by atoms with Crippen molar-refractivity contribution in [2.75, 3.05) is 0 Å². The molecule has 0 aliphatic heterocycles. The number of hydrogen-bond donors (Lipinski definition) is 2. The Balaban J connectivity index is 2.14. The average molecular weight is 277 g/mol. The van der Waals surface area contributed by atoms with Crippen LogP contribution in [-0.4, -0.2) is 4.98 Å². The largest absolute Gasteiger partial charge is 0.271 e. The van der Waals surface area contributed by atoms with Gasteiger partial charge in [0.05, 0.1) is 11.6 Å². The number of aromatic nitrogens is 1. The average Bonchev–Trinajstić information content (AvgIpc) is 2.50. The third-order valence-electron chi connectivity index (χ3n) is 3.96. The lowest BCUT2D eigenvalue weighted by molar-refractivity contribution is 0.631. The fraction of sp³-hybridized carbons (Fsp3) is 0.167. The molecule has 21 heavy (non-hydrogen) atoms. The lowest BCUT2D eigenvalue weighted by atomic mass is 9.91. The van der Waals surface area contributed by atoms with Crippen LogP contribution in [0.5, 0.6) is 0 Å². The number of hydrazine groups is 1. The van der Waals surface area contributed by atoms with Crippen LogP contribution in [0.25, 0.3) is 10.9 Å². The van der Waals surface area contributed by atoms with Gasteiger partial charge in [0.15, 0.2) is 0 Å². The number of fused-ring (bicyclic) bond motifs is 1. The van der Waals surface area contributed by atoms with Gasteiger partial charge in [0, 0.05) is 11.6 Å². The maximum absolute atomic E-state index is 5.85. The molecule has 3 aromatic rings. The quantitative estimate of drug-likeness (QED) is 0.570. The molecule has 0 aliphatic rings. The summed E-state index contributed by atoms with van der Waals surface area (Å²) in [6.45, 7) is 4.24. The number of pyridine rings is 1. The molecule has 3 nitrogen and oxygen atoms in total. The van der Waals surface area contributed by atoms with Gasteiger partial charge in [-0.25, -0.2) is 5.43 Å². The molecule has 0 saturated carbocycles. The first-order chi connectivity index (χ1) is 10.2. The minimum absolute atomic E-state index is 0.0178. The van der Waals surface area contributed by atoms with Gasteiger partial charge in [0.2, 0.25) is 0 Å². The number of rotatable bonds is 3. The van der Waals surface area contributed by atoms with Crippen molar-refractivity contribution in [3.8, 4) is 0 Å². The molecule has 0 spiro atoms. The van der Waals surface area contributed by atoms with Crippen molar-refractivity contribution in [2.24, 2.45) is 5.84 Å². The standard InChI is InChI=1S/C18H19N3/c1-12-5-3-6-13(2)17(12)18(21-19)15-8-9-16-14(11-15)7-4-10-20-16/h3-11,18,21H,19H2,1-2H3. The normalized spacial score (nSPS) is 12.5. The van der Waals surface area contributed by atoms with E-state index in [1.165, 1.54) is 16.7 Å². The molecule has 1 atom stereocenters. The Bertz CT molecular complexity index is 760. The molecule has 2 aromatic carbocycles. The molecular formula is C18H19N3. The van der Waals surface area contributed by atoms with Gasteiger partial charge in [-0.1, -0.05) is 30.3 Å². The molecule has 3 heteroatoms. The van der Waals surface area contributed by atoms with Crippen LogP contribution in [0.15, 0.2) is 54.7 Å². The monoisotopic (exact) mass is 277 g/mol. The summed E-state index contributed by atoms with van der Waals surface area (Å²) in [5.41, 5.74) is 8.83. The minimum Gasteiger partial charge on any atom is -0.271 e. The first kappa shape index (κ1) is 13.7. The predicted molar refractivity (Wildman–Crippen MR) is 86.8 cm³/mol. The van der Waals surface area contributed by atoms with Crippen molar-refractivity contribution in [1.29, 1.82) is 0 Å². The summed E-state index contributed by atoms with van der Waals surface area (Å²) in [5.74, 6) is 5.85. The van der Waals surface area contributed by atoms with E-state index in [-0.39, 0.29) is 6.04 Å². The Hall–Kier alpha value is -2.23. The number of nitrogens with zero attached hydrogens (tertiary/aromatic N) is 1. The second kappa shape index (κ2) is 5.64.